The Morgan fingerprint density at radius 1 is 1.06 bits per heavy atom. The summed E-state index contributed by atoms with van der Waals surface area (Å²) in [5.41, 5.74) is 0. The Hall–Kier alpha value is -2.75. The minimum Gasteiger partial charge on any atom is -0.390 e. The van der Waals surface area contributed by atoms with Crippen molar-refractivity contribution in [1.82, 2.24) is 20.0 Å². The first kappa shape index (κ1) is 32.2. The van der Waals surface area contributed by atoms with E-state index in [4.69, 9.17) is 0 Å². The van der Waals surface area contributed by atoms with E-state index < -0.39 is 36.0 Å². The van der Waals surface area contributed by atoms with E-state index >= 15 is 0 Å². The van der Waals surface area contributed by atoms with Crippen LogP contribution in [0.25, 0.3) is 0 Å². The maximum absolute atomic E-state index is 13.4. The molecule has 0 spiro atoms. The Labute approximate surface area is 209 Å². The van der Waals surface area contributed by atoms with E-state index in [1.807, 2.05) is 13.8 Å². The molecule has 0 rings (SSSR count). The highest BCUT2D eigenvalue weighted by Gasteiger charge is 2.37. The lowest BCUT2D eigenvalue weighted by molar-refractivity contribution is -0.147. The van der Waals surface area contributed by atoms with Crippen LogP contribution in [0.1, 0.15) is 53.9 Å². The van der Waals surface area contributed by atoms with E-state index in [0.29, 0.717) is 19.2 Å². The largest absolute Gasteiger partial charge is 0.390 e. The van der Waals surface area contributed by atoms with Crippen LogP contribution in [0.5, 0.6) is 0 Å². The minimum atomic E-state index is -1.19. The Balaban J connectivity index is 5.87. The quantitative estimate of drug-likeness (QED) is 0.227. The molecule has 0 saturated carbocycles. The molecule has 0 aromatic carbocycles. The molecule has 4 amide bonds. The summed E-state index contributed by atoms with van der Waals surface area (Å²) in [4.78, 5) is 65.7. The number of amides is 4. The summed E-state index contributed by atoms with van der Waals surface area (Å²) in [6.07, 6.45) is 3.38. The van der Waals surface area contributed by atoms with Crippen molar-refractivity contribution in [3.8, 4) is 0 Å². The van der Waals surface area contributed by atoms with Crippen molar-refractivity contribution in [1.29, 1.82) is 0 Å². The number of carbonyl (C=O) groups is 5. The molecule has 0 saturated heterocycles. The van der Waals surface area contributed by atoms with Crippen LogP contribution in [-0.4, -0.2) is 102 Å². The number of hydrogen-bond acceptors (Lipinski definition) is 6. The fraction of sp³-hybridized carbons (Fsp3) is 0.720. The fourth-order valence-corrected chi connectivity index (χ4v) is 3.55. The number of carbonyl (C=O) groups excluding carboxylic acids is 5. The van der Waals surface area contributed by atoms with Gasteiger partial charge in [0.25, 0.3) is 0 Å². The SMILES string of the molecule is C=CC(C)CC(NC(=O)C(C(O)C(C)C)N(C)C=O)C(=O)N(C)C(C)C(=O)N(CC=O)CCCC. The molecule has 0 aromatic heterocycles. The van der Waals surface area contributed by atoms with Crippen LogP contribution in [0.15, 0.2) is 12.7 Å². The molecule has 0 aliphatic heterocycles. The van der Waals surface area contributed by atoms with E-state index in [9.17, 15) is 29.1 Å². The van der Waals surface area contributed by atoms with Crippen LogP contribution in [0.4, 0.5) is 0 Å². The van der Waals surface area contributed by atoms with Crippen LogP contribution in [0.3, 0.4) is 0 Å². The first-order valence-electron chi connectivity index (χ1n) is 12.1. The zero-order valence-corrected chi connectivity index (χ0v) is 22.3. The molecule has 10 nitrogen and oxygen atoms in total. The summed E-state index contributed by atoms with van der Waals surface area (Å²) in [6.45, 7) is 12.9. The van der Waals surface area contributed by atoms with Crippen molar-refractivity contribution < 1.29 is 29.1 Å². The van der Waals surface area contributed by atoms with Crippen LogP contribution in [0.2, 0.25) is 0 Å². The summed E-state index contributed by atoms with van der Waals surface area (Å²) in [5.74, 6) is -2.00. The number of aliphatic hydroxyl groups is 1. The minimum absolute atomic E-state index is 0.0638. The van der Waals surface area contributed by atoms with E-state index in [2.05, 4.69) is 11.9 Å². The Morgan fingerprint density at radius 3 is 2.11 bits per heavy atom. The second-order valence-corrected chi connectivity index (χ2v) is 9.39. The van der Waals surface area contributed by atoms with Gasteiger partial charge >= 0.3 is 0 Å². The third-order valence-electron chi connectivity index (χ3n) is 6.18. The molecule has 0 aliphatic rings. The smallest absolute Gasteiger partial charge is 0.246 e. The highest BCUT2D eigenvalue weighted by molar-refractivity contribution is 5.93. The summed E-state index contributed by atoms with van der Waals surface area (Å²) in [6, 6.07) is -3.08. The van der Waals surface area contributed by atoms with Crippen molar-refractivity contribution in [3.05, 3.63) is 12.7 Å². The maximum Gasteiger partial charge on any atom is 0.246 e. The van der Waals surface area contributed by atoms with Crippen LogP contribution < -0.4 is 5.32 Å². The number of hydrogen-bond donors (Lipinski definition) is 2. The predicted octanol–water partition coefficient (Wildman–Crippen LogP) is 0.832. The molecule has 0 bridgehead atoms. The van der Waals surface area contributed by atoms with Gasteiger partial charge in [0.1, 0.15) is 24.4 Å². The standard InChI is InChI=1S/C25H44N4O6/c1-9-11-12-29(13-14-30)24(34)19(6)28(8)25(35)20(15-18(5)10-2)26-23(33)21(27(7)16-31)22(32)17(3)4/h10,14,16-22,32H,2,9,11-13,15H2,1,3-8H3,(H,26,33). The Kier molecular flexibility index (Phi) is 14.8. The van der Waals surface area contributed by atoms with Gasteiger partial charge in [0, 0.05) is 20.6 Å². The van der Waals surface area contributed by atoms with Crippen LogP contribution in [0, 0.1) is 11.8 Å². The summed E-state index contributed by atoms with van der Waals surface area (Å²) < 4.78 is 0. The fourth-order valence-electron chi connectivity index (χ4n) is 3.55. The van der Waals surface area contributed by atoms with Gasteiger partial charge in [-0.1, -0.05) is 40.2 Å². The van der Waals surface area contributed by atoms with Gasteiger partial charge in [0.15, 0.2) is 0 Å². The van der Waals surface area contributed by atoms with Crippen molar-refractivity contribution >= 4 is 30.4 Å². The third kappa shape index (κ3) is 9.79. The van der Waals surface area contributed by atoms with Crippen molar-refractivity contribution in [2.45, 2.75) is 78.1 Å². The summed E-state index contributed by atoms with van der Waals surface area (Å²) in [5, 5.41) is 13.2. The molecule has 5 atom stereocenters. The molecular weight excluding hydrogens is 452 g/mol. The summed E-state index contributed by atoms with van der Waals surface area (Å²) >= 11 is 0. The monoisotopic (exact) mass is 496 g/mol. The van der Waals surface area contributed by atoms with Crippen molar-refractivity contribution in [2.75, 3.05) is 27.2 Å². The number of aldehydes is 1. The average Bonchev–Trinajstić information content (AvgIpc) is 2.83. The van der Waals surface area contributed by atoms with E-state index in [0.717, 1.165) is 17.7 Å². The van der Waals surface area contributed by atoms with E-state index in [1.165, 1.54) is 23.9 Å². The lowest BCUT2D eigenvalue weighted by atomic mass is 9.96. The Bertz CT molecular complexity index is 729. The maximum atomic E-state index is 13.4. The highest BCUT2D eigenvalue weighted by Crippen LogP contribution is 2.15. The second kappa shape index (κ2) is 16.0. The molecular formula is C25H44N4O6. The number of nitrogens with zero attached hydrogens (tertiary/aromatic N) is 3. The van der Waals surface area contributed by atoms with Crippen LogP contribution in [-0.2, 0) is 24.0 Å². The van der Waals surface area contributed by atoms with Crippen molar-refractivity contribution in [3.63, 3.8) is 0 Å². The molecule has 35 heavy (non-hydrogen) atoms. The number of nitrogens with one attached hydrogen (secondary N) is 1. The molecule has 0 aromatic rings. The third-order valence-corrected chi connectivity index (χ3v) is 6.18. The number of likely N-dealkylation sites (N-methyl/N-ethyl adjacent to an activating group) is 2. The molecule has 5 unspecified atom stereocenters. The van der Waals surface area contributed by atoms with Crippen molar-refractivity contribution in [2.24, 2.45) is 11.8 Å². The number of unbranched alkanes of at least 4 members (excludes halogenated alkanes) is 1. The van der Waals surface area contributed by atoms with Gasteiger partial charge in [0.2, 0.25) is 24.1 Å². The first-order valence-corrected chi connectivity index (χ1v) is 12.1. The Morgan fingerprint density at radius 2 is 1.66 bits per heavy atom. The van der Waals surface area contributed by atoms with Gasteiger partial charge in [-0.15, -0.1) is 6.58 Å². The normalized spacial score (nSPS) is 15.2. The van der Waals surface area contributed by atoms with Gasteiger partial charge in [-0.2, -0.15) is 0 Å². The van der Waals surface area contributed by atoms with Gasteiger partial charge in [0.05, 0.1) is 12.6 Å². The molecule has 0 fully saturated rings. The molecule has 0 heterocycles. The molecule has 200 valence electrons. The second-order valence-electron chi connectivity index (χ2n) is 9.39. The first-order chi connectivity index (χ1) is 16.4. The number of rotatable bonds is 17. The van der Waals surface area contributed by atoms with Gasteiger partial charge in [-0.25, -0.2) is 0 Å². The molecule has 10 heteroatoms. The highest BCUT2D eigenvalue weighted by atomic mass is 16.3. The number of aliphatic hydroxyl groups excluding tert-OH is 1. The lowest BCUT2D eigenvalue weighted by Gasteiger charge is -2.34. The van der Waals surface area contributed by atoms with Gasteiger partial charge in [-0.05, 0) is 31.6 Å². The molecule has 2 N–H and O–H groups in total. The zero-order chi connectivity index (χ0) is 27.3. The summed E-state index contributed by atoms with van der Waals surface area (Å²) in [7, 11) is 2.86. The van der Waals surface area contributed by atoms with Gasteiger partial charge < -0.3 is 29.9 Å². The van der Waals surface area contributed by atoms with E-state index in [1.54, 1.807) is 26.8 Å². The average molecular weight is 497 g/mol. The number of allylic oxidation sites excluding steroid dienone is 1. The van der Waals surface area contributed by atoms with Crippen LogP contribution >= 0.6 is 0 Å². The molecule has 0 aliphatic carbocycles. The lowest BCUT2D eigenvalue weighted by Crippen LogP contribution is -2.59. The topological polar surface area (TPSA) is 127 Å². The van der Waals surface area contributed by atoms with Gasteiger partial charge in [-0.3, -0.25) is 19.2 Å². The molecule has 0 radical (unpaired) electrons. The zero-order valence-electron chi connectivity index (χ0n) is 22.3. The predicted molar refractivity (Wildman–Crippen MR) is 134 cm³/mol. The van der Waals surface area contributed by atoms with E-state index in [-0.39, 0.29) is 30.7 Å².